The molecule has 0 radical (unpaired) electrons. The molecule has 1 aromatic heterocycles. The number of nitrogens with one attached hydrogen (secondary N) is 3. The van der Waals surface area contributed by atoms with E-state index in [-0.39, 0.29) is 12.1 Å². The maximum Gasteiger partial charge on any atom is 0.252 e. The number of nitrogens with zero attached hydrogens (tertiary/aromatic N) is 5. The van der Waals surface area contributed by atoms with Crippen molar-refractivity contribution >= 4 is 17.7 Å². The smallest absolute Gasteiger partial charge is 0.252 e. The van der Waals surface area contributed by atoms with E-state index in [2.05, 4.69) is 35.9 Å². The van der Waals surface area contributed by atoms with Crippen LogP contribution in [0.4, 0.5) is 11.8 Å². The highest BCUT2D eigenvalue weighted by Crippen LogP contribution is 2.27. The molecular formula is C27H32N8O2. The van der Waals surface area contributed by atoms with Crippen molar-refractivity contribution in [3.63, 3.8) is 0 Å². The molecule has 0 saturated heterocycles. The van der Waals surface area contributed by atoms with E-state index in [0.29, 0.717) is 30.4 Å². The van der Waals surface area contributed by atoms with Crippen LogP contribution < -0.4 is 30.7 Å². The van der Waals surface area contributed by atoms with Crippen LogP contribution in [0.5, 0.6) is 11.5 Å². The topological polar surface area (TPSA) is 97.9 Å². The number of rotatable bonds is 9. The quantitative estimate of drug-likeness (QED) is 0.409. The van der Waals surface area contributed by atoms with Crippen LogP contribution in [0.1, 0.15) is 10.4 Å². The minimum Gasteiger partial charge on any atom is -0.457 e. The van der Waals surface area contributed by atoms with Gasteiger partial charge < -0.3 is 30.2 Å². The second kappa shape index (κ2) is 10.9. The van der Waals surface area contributed by atoms with E-state index >= 15 is 0 Å². The molecule has 10 heteroatoms. The number of ether oxygens (including phenoxy) is 1. The van der Waals surface area contributed by atoms with Crippen LogP contribution in [0, 0.1) is 0 Å². The Morgan fingerprint density at radius 2 is 1.86 bits per heavy atom. The average Bonchev–Trinajstić information content (AvgIpc) is 3.50. The Morgan fingerprint density at radius 3 is 2.68 bits per heavy atom. The van der Waals surface area contributed by atoms with Crippen molar-refractivity contribution < 1.29 is 9.53 Å². The highest BCUT2D eigenvalue weighted by atomic mass is 16.5. The summed E-state index contributed by atoms with van der Waals surface area (Å²) >= 11 is 0. The highest BCUT2D eigenvalue weighted by Gasteiger charge is 2.34. The summed E-state index contributed by atoms with van der Waals surface area (Å²) in [6.45, 7) is 3.08. The second-order valence-electron chi connectivity index (χ2n) is 9.42. The van der Waals surface area contributed by atoms with Gasteiger partial charge in [-0.05, 0) is 50.5 Å². The molecule has 0 fully saturated rings. The first-order valence-electron chi connectivity index (χ1n) is 12.3. The summed E-state index contributed by atoms with van der Waals surface area (Å²) in [6, 6.07) is 18.6. The zero-order valence-corrected chi connectivity index (χ0v) is 21.3. The van der Waals surface area contributed by atoms with Gasteiger partial charge in [-0.1, -0.05) is 24.3 Å². The van der Waals surface area contributed by atoms with Gasteiger partial charge in [0.15, 0.2) is 0 Å². The molecule has 0 spiro atoms. The lowest BCUT2D eigenvalue weighted by Crippen LogP contribution is -2.49. The van der Waals surface area contributed by atoms with Crippen LogP contribution in [0.25, 0.3) is 0 Å². The molecule has 5 rings (SSSR count). The summed E-state index contributed by atoms with van der Waals surface area (Å²) in [7, 11) is 6.10. The standard InChI is InChI=1S/C27H32N8O2/c1-33(2)14-15-34(3)27-28-13-12-24(29-27)35-17-22-23(18-35)31-32-25(22)30-26(36)19-8-7-11-21(16-19)37-20-9-5-4-6-10-20/h4-13,16,25,31-32H,14-15,17-18H2,1-3H3,(H,30,36). The lowest BCUT2D eigenvalue weighted by molar-refractivity contribution is 0.0936. The van der Waals surface area contributed by atoms with Crippen LogP contribution in [0.3, 0.4) is 0 Å². The van der Waals surface area contributed by atoms with Crippen LogP contribution in [0.15, 0.2) is 78.1 Å². The number of aromatic nitrogens is 2. The third kappa shape index (κ3) is 5.82. The Morgan fingerprint density at radius 1 is 1.05 bits per heavy atom. The first-order chi connectivity index (χ1) is 18.0. The number of likely N-dealkylation sites (N-methyl/N-ethyl adjacent to an activating group) is 2. The first-order valence-corrected chi connectivity index (χ1v) is 12.3. The minimum atomic E-state index is -0.324. The Bertz CT molecular complexity index is 1280. The molecule has 3 aromatic rings. The number of anilines is 2. The summed E-state index contributed by atoms with van der Waals surface area (Å²) < 4.78 is 5.88. The molecule has 2 aliphatic heterocycles. The third-order valence-electron chi connectivity index (χ3n) is 6.34. The van der Waals surface area contributed by atoms with E-state index in [1.165, 1.54) is 0 Å². The van der Waals surface area contributed by atoms with E-state index in [1.807, 2.05) is 69.7 Å². The van der Waals surface area contributed by atoms with Gasteiger partial charge in [-0.2, -0.15) is 4.98 Å². The third-order valence-corrected chi connectivity index (χ3v) is 6.34. The van der Waals surface area contributed by atoms with E-state index in [4.69, 9.17) is 9.72 Å². The summed E-state index contributed by atoms with van der Waals surface area (Å²) in [5, 5.41) is 3.09. The van der Waals surface area contributed by atoms with Crippen molar-refractivity contribution in [2.45, 2.75) is 6.17 Å². The molecule has 3 N–H and O–H groups in total. The van der Waals surface area contributed by atoms with Crippen molar-refractivity contribution in [3.8, 4) is 11.5 Å². The molecule has 3 heterocycles. The van der Waals surface area contributed by atoms with Gasteiger partial charge in [0.25, 0.3) is 5.91 Å². The maximum absolute atomic E-state index is 13.1. The normalized spacial score (nSPS) is 16.5. The average molecular weight is 501 g/mol. The van der Waals surface area contributed by atoms with Crippen molar-refractivity contribution in [2.75, 3.05) is 57.1 Å². The molecule has 0 bridgehead atoms. The Kier molecular flexibility index (Phi) is 7.20. The number of hydrogen-bond donors (Lipinski definition) is 3. The van der Waals surface area contributed by atoms with Crippen molar-refractivity contribution in [3.05, 3.63) is 83.7 Å². The summed E-state index contributed by atoms with van der Waals surface area (Å²) in [5.41, 5.74) is 9.08. The Hall–Kier alpha value is -4.15. The van der Waals surface area contributed by atoms with Gasteiger partial charge in [-0.3, -0.25) is 4.79 Å². The van der Waals surface area contributed by atoms with Crippen molar-refractivity contribution in [1.82, 2.24) is 31.0 Å². The van der Waals surface area contributed by atoms with Crippen molar-refractivity contribution in [2.24, 2.45) is 0 Å². The fourth-order valence-electron chi connectivity index (χ4n) is 4.26. The zero-order chi connectivity index (χ0) is 25.8. The van der Waals surface area contributed by atoms with Gasteiger partial charge in [-0.15, -0.1) is 0 Å². The monoisotopic (exact) mass is 500 g/mol. The fourth-order valence-corrected chi connectivity index (χ4v) is 4.26. The summed E-state index contributed by atoms with van der Waals surface area (Å²) in [4.78, 5) is 28.7. The van der Waals surface area contributed by atoms with Gasteiger partial charge in [0.05, 0.1) is 12.2 Å². The first kappa shape index (κ1) is 24.5. The van der Waals surface area contributed by atoms with E-state index in [1.54, 1.807) is 18.3 Å². The number of carbonyl (C=O) groups excluding carboxylic acids is 1. The van der Waals surface area contributed by atoms with Crippen LogP contribution in [0.2, 0.25) is 0 Å². The molecule has 0 aliphatic carbocycles. The molecule has 1 atom stereocenters. The fraction of sp³-hybridized carbons (Fsp3) is 0.296. The maximum atomic E-state index is 13.1. The molecule has 10 nitrogen and oxygen atoms in total. The number of amides is 1. The molecule has 1 unspecified atom stereocenters. The van der Waals surface area contributed by atoms with Gasteiger partial charge >= 0.3 is 0 Å². The number of hydrazine groups is 1. The molecule has 37 heavy (non-hydrogen) atoms. The lowest BCUT2D eigenvalue weighted by Gasteiger charge is -2.24. The van der Waals surface area contributed by atoms with Gasteiger partial charge in [0, 0.05) is 44.0 Å². The van der Waals surface area contributed by atoms with Gasteiger partial charge in [0.2, 0.25) is 5.95 Å². The summed E-state index contributed by atoms with van der Waals surface area (Å²) in [5.74, 6) is 2.70. The molecule has 2 aromatic carbocycles. The predicted octanol–water partition coefficient (Wildman–Crippen LogP) is 2.20. The molecule has 2 aliphatic rings. The largest absolute Gasteiger partial charge is 0.457 e. The number of benzene rings is 2. The minimum absolute atomic E-state index is 0.183. The van der Waals surface area contributed by atoms with Crippen LogP contribution in [-0.4, -0.2) is 74.3 Å². The Balaban J connectivity index is 1.21. The van der Waals surface area contributed by atoms with Crippen LogP contribution in [-0.2, 0) is 0 Å². The summed E-state index contributed by atoms with van der Waals surface area (Å²) in [6.07, 6.45) is 1.47. The predicted molar refractivity (Wildman–Crippen MR) is 144 cm³/mol. The Labute approximate surface area is 216 Å². The SMILES string of the molecule is CN(C)CCN(C)c1nccc(N2CC3=C(C2)C(NC(=O)c2cccc(Oc4ccccc4)c2)NN3)n1. The van der Waals surface area contributed by atoms with Crippen molar-refractivity contribution in [1.29, 1.82) is 0 Å². The second-order valence-corrected chi connectivity index (χ2v) is 9.42. The highest BCUT2D eigenvalue weighted by molar-refractivity contribution is 5.95. The number of hydrogen-bond acceptors (Lipinski definition) is 9. The van der Waals surface area contributed by atoms with Gasteiger partial charge in [-0.25, -0.2) is 10.4 Å². The molecule has 192 valence electrons. The van der Waals surface area contributed by atoms with E-state index in [0.717, 1.165) is 35.9 Å². The number of carbonyl (C=O) groups is 1. The molecule has 0 saturated carbocycles. The van der Waals surface area contributed by atoms with Gasteiger partial charge in [0.1, 0.15) is 23.5 Å². The molecule has 1 amide bonds. The lowest BCUT2D eigenvalue weighted by atomic mass is 10.1. The number of para-hydroxylation sites is 1. The van der Waals surface area contributed by atoms with E-state index < -0.39 is 0 Å². The molecular weight excluding hydrogens is 468 g/mol. The van der Waals surface area contributed by atoms with E-state index in [9.17, 15) is 4.79 Å². The zero-order valence-electron chi connectivity index (χ0n) is 21.3. The van der Waals surface area contributed by atoms with Crippen LogP contribution >= 0.6 is 0 Å².